The van der Waals surface area contributed by atoms with Gasteiger partial charge in [0.1, 0.15) is 17.4 Å². The first-order valence-corrected chi connectivity index (χ1v) is 9.69. The maximum absolute atomic E-state index is 12.5. The van der Waals surface area contributed by atoms with Crippen molar-refractivity contribution in [3.05, 3.63) is 60.2 Å². The number of amides is 1. The molecule has 0 aliphatic carbocycles. The van der Waals surface area contributed by atoms with Crippen LogP contribution in [0.15, 0.2) is 59.5 Å². The van der Waals surface area contributed by atoms with Gasteiger partial charge in [-0.1, -0.05) is 30.3 Å². The SMILES string of the molecule is CC(C)(C)OC(=O)C(Cc1ccc(O)cc1)NC(=O)CSc1ccccc1. The molecule has 0 aliphatic heterocycles. The number of ether oxygens (including phenoxy) is 1. The van der Waals surface area contributed by atoms with E-state index in [9.17, 15) is 14.7 Å². The van der Waals surface area contributed by atoms with Crippen molar-refractivity contribution in [2.24, 2.45) is 0 Å². The minimum atomic E-state index is -0.794. The van der Waals surface area contributed by atoms with Crippen LogP contribution in [0.2, 0.25) is 0 Å². The highest BCUT2D eigenvalue weighted by atomic mass is 32.2. The van der Waals surface area contributed by atoms with Gasteiger partial charge in [-0.15, -0.1) is 11.8 Å². The van der Waals surface area contributed by atoms with Gasteiger partial charge in [0.05, 0.1) is 5.75 Å². The molecule has 2 aromatic rings. The molecule has 1 unspecified atom stereocenters. The number of carbonyl (C=O) groups excluding carboxylic acids is 2. The first kappa shape index (κ1) is 20.8. The molecule has 6 heteroatoms. The lowest BCUT2D eigenvalue weighted by Gasteiger charge is -2.24. The van der Waals surface area contributed by atoms with Crippen molar-refractivity contribution in [3.63, 3.8) is 0 Å². The molecule has 0 saturated carbocycles. The van der Waals surface area contributed by atoms with E-state index in [2.05, 4.69) is 5.32 Å². The van der Waals surface area contributed by atoms with Crippen molar-refractivity contribution in [1.29, 1.82) is 0 Å². The Morgan fingerprint density at radius 3 is 2.30 bits per heavy atom. The molecule has 1 amide bonds. The number of hydrogen-bond acceptors (Lipinski definition) is 5. The number of nitrogens with one attached hydrogen (secondary N) is 1. The maximum Gasteiger partial charge on any atom is 0.329 e. The molecule has 0 fully saturated rings. The number of carbonyl (C=O) groups is 2. The highest BCUT2D eigenvalue weighted by Gasteiger charge is 2.27. The molecule has 5 nitrogen and oxygen atoms in total. The zero-order valence-corrected chi connectivity index (χ0v) is 16.6. The van der Waals surface area contributed by atoms with Gasteiger partial charge in [-0.25, -0.2) is 4.79 Å². The molecule has 2 aromatic carbocycles. The van der Waals surface area contributed by atoms with E-state index in [0.717, 1.165) is 10.5 Å². The third-order valence-corrected chi connectivity index (χ3v) is 4.53. The van der Waals surface area contributed by atoms with Crippen molar-refractivity contribution in [1.82, 2.24) is 5.32 Å². The third-order valence-electron chi connectivity index (χ3n) is 3.52. The Kier molecular flexibility index (Phi) is 7.30. The van der Waals surface area contributed by atoms with Crippen LogP contribution in [0.4, 0.5) is 0 Å². The average molecular weight is 388 g/mol. The average Bonchev–Trinajstić information content (AvgIpc) is 2.60. The summed E-state index contributed by atoms with van der Waals surface area (Å²) >= 11 is 1.41. The Hall–Kier alpha value is -2.47. The largest absolute Gasteiger partial charge is 0.508 e. The summed E-state index contributed by atoms with van der Waals surface area (Å²) in [6, 6.07) is 15.3. The predicted octanol–water partition coefficient (Wildman–Crippen LogP) is 3.55. The fourth-order valence-electron chi connectivity index (χ4n) is 2.34. The molecule has 144 valence electrons. The number of hydrogen-bond donors (Lipinski definition) is 2. The van der Waals surface area contributed by atoms with E-state index in [-0.39, 0.29) is 23.8 Å². The van der Waals surface area contributed by atoms with Crippen molar-refractivity contribution in [3.8, 4) is 5.75 Å². The Bertz CT molecular complexity index is 754. The highest BCUT2D eigenvalue weighted by molar-refractivity contribution is 8.00. The Morgan fingerprint density at radius 1 is 1.07 bits per heavy atom. The molecule has 0 bridgehead atoms. The molecule has 1 atom stereocenters. The summed E-state index contributed by atoms with van der Waals surface area (Å²) in [5.74, 6) is -0.359. The maximum atomic E-state index is 12.5. The van der Waals surface area contributed by atoms with Gasteiger partial charge in [0, 0.05) is 11.3 Å². The van der Waals surface area contributed by atoms with Crippen LogP contribution in [0.25, 0.3) is 0 Å². The Balaban J connectivity index is 2.02. The Labute approximate surface area is 164 Å². The first-order chi connectivity index (χ1) is 12.7. The smallest absolute Gasteiger partial charge is 0.329 e. The van der Waals surface area contributed by atoms with Crippen LogP contribution in [0.3, 0.4) is 0 Å². The molecule has 27 heavy (non-hydrogen) atoms. The van der Waals surface area contributed by atoms with E-state index in [0.29, 0.717) is 0 Å². The van der Waals surface area contributed by atoms with Gasteiger partial charge in [-0.3, -0.25) is 4.79 Å². The van der Waals surface area contributed by atoms with E-state index >= 15 is 0 Å². The first-order valence-electron chi connectivity index (χ1n) is 8.71. The van der Waals surface area contributed by atoms with Crippen LogP contribution in [0.1, 0.15) is 26.3 Å². The van der Waals surface area contributed by atoms with Gasteiger partial charge < -0.3 is 15.2 Å². The van der Waals surface area contributed by atoms with Gasteiger partial charge in [-0.05, 0) is 50.6 Å². The molecular weight excluding hydrogens is 362 g/mol. The van der Waals surface area contributed by atoms with Gasteiger partial charge in [0.2, 0.25) is 5.91 Å². The van der Waals surface area contributed by atoms with Crippen LogP contribution in [-0.2, 0) is 20.7 Å². The van der Waals surface area contributed by atoms with Gasteiger partial charge >= 0.3 is 5.97 Å². The van der Waals surface area contributed by atoms with Crippen molar-refractivity contribution >= 4 is 23.6 Å². The van der Waals surface area contributed by atoms with E-state index < -0.39 is 17.6 Å². The second-order valence-electron chi connectivity index (χ2n) is 7.13. The Morgan fingerprint density at radius 2 is 1.70 bits per heavy atom. The number of phenolic OH excluding ortho intramolecular Hbond substituents is 1. The van der Waals surface area contributed by atoms with Crippen molar-refractivity contribution < 1.29 is 19.4 Å². The normalized spacial score (nSPS) is 12.3. The zero-order valence-electron chi connectivity index (χ0n) is 15.8. The molecule has 0 aromatic heterocycles. The second kappa shape index (κ2) is 9.46. The molecule has 0 heterocycles. The van der Waals surface area contributed by atoms with Crippen LogP contribution < -0.4 is 5.32 Å². The number of esters is 1. The molecule has 0 radical (unpaired) electrons. The molecule has 0 aliphatic rings. The second-order valence-corrected chi connectivity index (χ2v) is 8.17. The fourth-order valence-corrected chi connectivity index (χ4v) is 3.07. The standard InChI is InChI=1S/C21H25NO4S/c1-21(2,3)26-20(25)18(13-15-9-11-16(23)12-10-15)22-19(24)14-27-17-7-5-4-6-8-17/h4-12,18,23H,13-14H2,1-3H3,(H,22,24). The minimum absolute atomic E-state index is 0.149. The minimum Gasteiger partial charge on any atom is -0.508 e. The number of phenols is 1. The zero-order chi connectivity index (χ0) is 19.9. The lowest BCUT2D eigenvalue weighted by Crippen LogP contribution is -2.46. The van der Waals surface area contributed by atoms with Crippen LogP contribution in [0.5, 0.6) is 5.75 Å². The lowest BCUT2D eigenvalue weighted by molar-refractivity contribution is -0.158. The topological polar surface area (TPSA) is 75.6 Å². The predicted molar refractivity (Wildman–Crippen MR) is 107 cm³/mol. The summed E-state index contributed by atoms with van der Waals surface area (Å²) in [6.07, 6.45) is 0.289. The molecule has 0 spiro atoms. The molecule has 2 N–H and O–H groups in total. The van der Waals surface area contributed by atoms with Crippen molar-refractivity contribution in [2.75, 3.05) is 5.75 Å². The third kappa shape index (κ3) is 7.74. The quantitative estimate of drug-likeness (QED) is 0.561. The molecule has 2 rings (SSSR count). The number of benzene rings is 2. The van der Waals surface area contributed by atoms with Gasteiger partial charge in [0.15, 0.2) is 0 Å². The van der Waals surface area contributed by atoms with Gasteiger partial charge in [-0.2, -0.15) is 0 Å². The highest BCUT2D eigenvalue weighted by Crippen LogP contribution is 2.17. The lowest BCUT2D eigenvalue weighted by atomic mass is 10.1. The number of rotatable bonds is 7. The van der Waals surface area contributed by atoms with Crippen LogP contribution in [0, 0.1) is 0 Å². The molecular formula is C21H25NO4S. The summed E-state index contributed by atoms with van der Waals surface area (Å²) < 4.78 is 5.45. The summed E-state index contributed by atoms with van der Waals surface area (Å²) in [7, 11) is 0. The van der Waals surface area contributed by atoms with Gasteiger partial charge in [0.25, 0.3) is 0 Å². The monoisotopic (exact) mass is 387 g/mol. The summed E-state index contributed by atoms with van der Waals surface area (Å²) in [4.78, 5) is 25.9. The van der Waals surface area contributed by atoms with Crippen LogP contribution in [-0.4, -0.2) is 34.4 Å². The van der Waals surface area contributed by atoms with E-state index in [1.165, 1.54) is 11.8 Å². The van der Waals surface area contributed by atoms with E-state index in [1.807, 2.05) is 30.3 Å². The number of aromatic hydroxyl groups is 1. The summed E-state index contributed by atoms with van der Waals surface area (Å²) in [5.41, 5.74) is 0.174. The summed E-state index contributed by atoms with van der Waals surface area (Å²) in [5, 5.41) is 12.2. The summed E-state index contributed by atoms with van der Waals surface area (Å²) in [6.45, 7) is 5.36. The van der Waals surface area contributed by atoms with Crippen molar-refractivity contribution in [2.45, 2.75) is 43.7 Å². The number of thioether (sulfide) groups is 1. The fraction of sp³-hybridized carbons (Fsp3) is 0.333. The van der Waals surface area contributed by atoms with E-state index in [1.54, 1.807) is 45.0 Å². The van der Waals surface area contributed by atoms with E-state index in [4.69, 9.17) is 4.74 Å². The molecule has 0 saturated heterocycles. The van der Waals surface area contributed by atoms with Crippen LogP contribution >= 0.6 is 11.8 Å².